The molecule has 0 bridgehead atoms. The molecular formula is C16H25N3O4S. The van der Waals surface area contributed by atoms with Gasteiger partial charge in [0.05, 0.1) is 5.25 Å². The molecule has 2 rings (SSSR count). The van der Waals surface area contributed by atoms with Crippen molar-refractivity contribution in [3.8, 4) is 0 Å². The quantitative estimate of drug-likeness (QED) is 0.756. The van der Waals surface area contributed by atoms with Gasteiger partial charge in [0.25, 0.3) is 0 Å². The Bertz CT molecular complexity index is 705. The van der Waals surface area contributed by atoms with E-state index in [4.69, 9.17) is 4.74 Å². The summed E-state index contributed by atoms with van der Waals surface area (Å²) in [6, 6.07) is 1.73. The third-order valence-corrected chi connectivity index (χ3v) is 5.64. The van der Waals surface area contributed by atoms with Gasteiger partial charge in [0.15, 0.2) is 0 Å². The lowest BCUT2D eigenvalue weighted by atomic mass is 10.1. The highest BCUT2D eigenvalue weighted by Crippen LogP contribution is 2.23. The molecule has 1 unspecified atom stereocenters. The normalized spacial score (nSPS) is 19.2. The number of ether oxygens (including phenoxy) is 1. The van der Waals surface area contributed by atoms with E-state index in [1.54, 1.807) is 40.7 Å². The fourth-order valence-corrected chi connectivity index (χ4v) is 4.35. The molecule has 1 aliphatic rings. The maximum atomic E-state index is 12.8. The third kappa shape index (κ3) is 4.43. The highest BCUT2D eigenvalue weighted by atomic mass is 32.2. The zero-order chi connectivity index (χ0) is 18.1. The Kier molecular flexibility index (Phi) is 5.17. The number of carbonyl (C=O) groups is 1. The van der Waals surface area contributed by atoms with Gasteiger partial charge in [-0.2, -0.15) is 0 Å². The summed E-state index contributed by atoms with van der Waals surface area (Å²) in [6.07, 6.45) is 0.607. The van der Waals surface area contributed by atoms with Crippen molar-refractivity contribution in [3.63, 3.8) is 0 Å². The topological polar surface area (TPSA) is 89.5 Å². The number of hydrogen-bond acceptors (Lipinski definition) is 6. The molecule has 0 aliphatic carbocycles. The lowest BCUT2D eigenvalue weighted by Gasteiger charge is -2.33. The largest absolute Gasteiger partial charge is 0.444 e. The Balaban J connectivity index is 2.20. The summed E-state index contributed by atoms with van der Waals surface area (Å²) >= 11 is 0. The van der Waals surface area contributed by atoms with Crippen LogP contribution in [0.1, 0.15) is 45.0 Å². The average molecular weight is 355 g/mol. The van der Waals surface area contributed by atoms with Gasteiger partial charge in [-0.25, -0.2) is 23.2 Å². The maximum absolute atomic E-state index is 12.8. The minimum Gasteiger partial charge on any atom is -0.444 e. The van der Waals surface area contributed by atoms with Gasteiger partial charge >= 0.3 is 6.09 Å². The molecule has 0 aromatic carbocycles. The molecular weight excluding hydrogens is 330 g/mol. The van der Waals surface area contributed by atoms with Crippen molar-refractivity contribution in [1.29, 1.82) is 0 Å². The molecule has 0 N–H and O–H groups in total. The van der Waals surface area contributed by atoms with Crippen LogP contribution >= 0.6 is 0 Å². The van der Waals surface area contributed by atoms with Crippen molar-refractivity contribution in [2.75, 3.05) is 13.1 Å². The molecule has 2 heterocycles. The number of aryl methyl sites for hydroxylation is 2. The number of rotatable bonds is 2. The van der Waals surface area contributed by atoms with Crippen LogP contribution in [0.5, 0.6) is 0 Å². The van der Waals surface area contributed by atoms with Gasteiger partial charge in [-0.3, -0.25) is 0 Å². The van der Waals surface area contributed by atoms with Gasteiger partial charge in [0, 0.05) is 24.5 Å². The smallest absolute Gasteiger partial charge is 0.410 e. The van der Waals surface area contributed by atoms with Crippen LogP contribution in [0.25, 0.3) is 0 Å². The Morgan fingerprint density at radius 3 is 2.38 bits per heavy atom. The van der Waals surface area contributed by atoms with Crippen LogP contribution < -0.4 is 0 Å². The average Bonchev–Trinajstić information content (AvgIpc) is 2.44. The van der Waals surface area contributed by atoms with Crippen LogP contribution in [-0.4, -0.2) is 53.3 Å². The monoisotopic (exact) mass is 355 g/mol. The standard InChI is InChI=1S/C16H25N3O4S/c1-11-9-12(2)18-14(17-11)24(21,22)13-7-6-8-19(10-13)15(20)23-16(3,4)5/h9,13H,6-8,10H2,1-5H3. The minimum atomic E-state index is -3.69. The molecule has 1 amide bonds. The maximum Gasteiger partial charge on any atom is 0.410 e. The summed E-state index contributed by atoms with van der Waals surface area (Å²) in [5, 5.41) is -0.865. The number of piperidine rings is 1. The van der Waals surface area contributed by atoms with E-state index < -0.39 is 26.8 Å². The first-order chi connectivity index (χ1) is 11.0. The van der Waals surface area contributed by atoms with Gasteiger partial charge < -0.3 is 9.64 Å². The summed E-state index contributed by atoms with van der Waals surface area (Å²) in [6.45, 7) is 9.43. The van der Waals surface area contributed by atoms with E-state index in [0.29, 0.717) is 30.8 Å². The summed E-state index contributed by atoms with van der Waals surface area (Å²) in [7, 11) is -3.69. The minimum absolute atomic E-state index is 0.105. The summed E-state index contributed by atoms with van der Waals surface area (Å²) in [5.41, 5.74) is 0.612. The van der Waals surface area contributed by atoms with Crippen LogP contribution in [0.3, 0.4) is 0 Å². The highest BCUT2D eigenvalue weighted by molar-refractivity contribution is 7.91. The van der Waals surface area contributed by atoms with Gasteiger partial charge in [-0.05, 0) is 53.5 Å². The van der Waals surface area contributed by atoms with Gasteiger partial charge in [0.1, 0.15) is 5.60 Å². The lowest BCUT2D eigenvalue weighted by Crippen LogP contribution is -2.47. The fraction of sp³-hybridized carbons (Fsp3) is 0.688. The molecule has 1 atom stereocenters. The molecule has 8 heteroatoms. The number of hydrogen-bond donors (Lipinski definition) is 0. The lowest BCUT2D eigenvalue weighted by molar-refractivity contribution is 0.0219. The van der Waals surface area contributed by atoms with Crippen molar-refractivity contribution < 1.29 is 17.9 Å². The second-order valence-corrected chi connectivity index (χ2v) is 9.29. The van der Waals surface area contributed by atoms with E-state index in [2.05, 4.69) is 9.97 Å². The molecule has 1 aliphatic heterocycles. The number of carbonyl (C=O) groups excluding carboxylic acids is 1. The summed E-state index contributed by atoms with van der Waals surface area (Å²) < 4.78 is 31.0. The molecule has 134 valence electrons. The highest BCUT2D eigenvalue weighted by Gasteiger charge is 2.37. The van der Waals surface area contributed by atoms with Gasteiger partial charge in [-0.1, -0.05) is 0 Å². The summed E-state index contributed by atoms with van der Waals surface area (Å²) in [5.74, 6) is 0. The second-order valence-electron chi connectivity index (χ2n) is 7.17. The molecule has 1 saturated heterocycles. The molecule has 1 aromatic heterocycles. The molecule has 7 nitrogen and oxygen atoms in total. The van der Waals surface area contributed by atoms with Crippen molar-refractivity contribution in [1.82, 2.24) is 14.9 Å². The van der Waals surface area contributed by atoms with E-state index in [1.165, 1.54) is 4.90 Å². The van der Waals surface area contributed by atoms with E-state index >= 15 is 0 Å². The number of likely N-dealkylation sites (tertiary alicyclic amines) is 1. The van der Waals surface area contributed by atoms with Crippen LogP contribution in [0.2, 0.25) is 0 Å². The van der Waals surface area contributed by atoms with Crippen LogP contribution in [0, 0.1) is 13.8 Å². The first kappa shape index (κ1) is 18.6. The predicted octanol–water partition coefficient (Wildman–Crippen LogP) is 2.27. The number of sulfone groups is 1. The van der Waals surface area contributed by atoms with Crippen LogP contribution in [-0.2, 0) is 14.6 Å². The fourth-order valence-electron chi connectivity index (χ4n) is 2.65. The van der Waals surface area contributed by atoms with E-state index in [1.807, 2.05) is 0 Å². The van der Waals surface area contributed by atoms with Crippen molar-refractivity contribution >= 4 is 15.9 Å². The molecule has 1 fully saturated rings. The molecule has 0 spiro atoms. The zero-order valence-electron chi connectivity index (χ0n) is 14.9. The SMILES string of the molecule is Cc1cc(C)nc(S(=O)(=O)C2CCCN(C(=O)OC(C)(C)C)C2)n1. The Morgan fingerprint density at radius 2 is 1.83 bits per heavy atom. The number of amides is 1. The second kappa shape index (κ2) is 6.66. The Labute approximate surface area is 143 Å². The molecule has 0 radical (unpaired) electrons. The predicted molar refractivity (Wildman–Crippen MR) is 89.5 cm³/mol. The number of aromatic nitrogens is 2. The van der Waals surface area contributed by atoms with E-state index in [9.17, 15) is 13.2 Å². The number of nitrogens with zero attached hydrogens (tertiary/aromatic N) is 3. The van der Waals surface area contributed by atoms with E-state index in [-0.39, 0.29) is 11.7 Å². The van der Waals surface area contributed by atoms with Gasteiger partial charge in [-0.15, -0.1) is 0 Å². The zero-order valence-corrected chi connectivity index (χ0v) is 15.7. The van der Waals surface area contributed by atoms with Crippen molar-refractivity contribution in [3.05, 3.63) is 17.5 Å². The van der Waals surface area contributed by atoms with Crippen LogP contribution in [0.15, 0.2) is 11.2 Å². The Hall–Kier alpha value is -1.70. The van der Waals surface area contributed by atoms with Gasteiger partial charge in [0.2, 0.25) is 15.0 Å². The third-order valence-electron chi connectivity index (χ3n) is 3.68. The van der Waals surface area contributed by atoms with Crippen LogP contribution in [0.4, 0.5) is 4.79 Å². The summed E-state index contributed by atoms with van der Waals surface area (Å²) in [4.78, 5) is 21.8. The first-order valence-corrected chi connectivity index (χ1v) is 9.58. The molecule has 1 aromatic rings. The first-order valence-electron chi connectivity index (χ1n) is 8.03. The van der Waals surface area contributed by atoms with E-state index in [0.717, 1.165) is 0 Å². The van der Waals surface area contributed by atoms with Crippen molar-refractivity contribution in [2.45, 2.75) is 63.5 Å². The van der Waals surface area contributed by atoms with Crippen molar-refractivity contribution in [2.24, 2.45) is 0 Å². The Morgan fingerprint density at radius 1 is 1.25 bits per heavy atom. The molecule has 24 heavy (non-hydrogen) atoms. The molecule has 0 saturated carbocycles.